The number of ether oxygens (including phenoxy) is 1. The van der Waals surface area contributed by atoms with Crippen LogP contribution < -0.4 is 5.73 Å². The van der Waals surface area contributed by atoms with Gasteiger partial charge in [-0.1, -0.05) is 0 Å². The van der Waals surface area contributed by atoms with Gasteiger partial charge in [0.05, 0.1) is 6.10 Å². The predicted octanol–water partition coefficient (Wildman–Crippen LogP) is 0.176. The molecule has 0 spiro atoms. The second kappa shape index (κ2) is 3.99. The molecule has 1 aliphatic rings. The molecule has 0 aromatic carbocycles. The molecule has 0 saturated carbocycles. The molecule has 0 unspecified atom stereocenters. The molecular weight excluding hydrogens is 261 g/mol. The fraction of sp³-hybridized carbons (Fsp3) is 1.00. The number of hydrogen-bond acceptors (Lipinski definition) is 4. The minimum Gasteiger partial charge on any atom is -0.386 e. The van der Waals surface area contributed by atoms with E-state index < -0.39 is 12.4 Å². The number of nitrogens with two attached hydrogens (primary N) is 1. The van der Waals surface area contributed by atoms with E-state index in [9.17, 15) is 5.11 Å². The summed E-state index contributed by atoms with van der Waals surface area (Å²) in [7, 11) is 0. The van der Waals surface area contributed by atoms with Crippen molar-refractivity contribution in [3.05, 3.63) is 0 Å². The van der Waals surface area contributed by atoms with Crippen LogP contribution in [0.1, 0.15) is 13.3 Å². The Kier molecular flexibility index (Phi) is 3.51. The SMILES string of the molecule is C[C@@H]1C[C@H](N)[C@@H](O)[C@H](OI)O1. The van der Waals surface area contributed by atoms with Crippen molar-refractivity contribution in [3.63, 3.8) is 0 Å². The molecule has 5 heteroatoms. The van der Waals surface area contributed by atoms with Crippen molar-refractivity contribution >= 4 is 23.0 Å². The summed E-state index contributed by atoms with van der Waals surface area (Å²) in [6.07, 6.45) is -0.539. The van der Waals surface area contributed by atoms with E-state index in [4.69, 9.17) is 13.5 Å². The Morgan fingerprint density at radius 3 is 2.91 bits per heavy atom. The van der Waals surface area contributed by atoms with Gasteiger partial charge >= 0.3 is 0 Å². The van der Waals surface area contributed by atoms with Gasteiger partial charge in [-0.25, -0.2) is 0 Å². The van der Waals surface area contributed by atoms with Crippen LogP contribution in [0, 0.1) is 0 Å². The molecule has 11 heavy (non-hydrogen) atoms. The maximum Gasteiger partial charge on any atom is 0.196 e. The quantitative estimate of drug-likeness (QED) is 0.669. The summed E-state index contributed by atoms with van der Waals surface area (Å²) >= 11 is 1.70. The fourth-order valence-electron chi connectivity index (χ4n) is 1.16. The van der Waals surface area contributed by atoms with Crippen LogP contribution in [0.4, 0.5) is 0 Å². The van der Waals surface area contributed by atoms with Crippen molar-refractivity contribution in [2.24, 2.45) is 5.73 Å². The van der Waals surface area contributed by atoms with Crippen LogP contribution in [0.5, 0.6) is 0 Å². The first-order valence-corrected chi connectivity index (χ1v) is 4.39. The molecule has 0 aromatic heterocycles. The Balaban J connectivity index is 2.51. The second-order valence-electron chi connectivity index (χ2n) is 2.79. The van der Waals surface area contributed by atoms with Crippen LogP contribution in [-0.4, -0.2) is 29.6 Å². The number of halogens is 1. The van der Waals surface area contributed by atoms with Gasteiger partial charge in [0.25, 0.3) is 0 Å². The summed E-state index contributed by atoms with van der Waals surface area (Å²) in [5, 5.41) is 9.38. The molecule has 1 saturated heterocycles. The van der Waals surface area contributed by atoms with Gasteiger partial charge in [0.2, 0.25) is 0 Å². The van der Waals surface area contributed by atoms with Gasteiger partial charge in [-0.2, -0.15) is 0 Å². The van der Waals surface area contributed by atoms with Gasteiger partial charge in [-0.15, -0.1) is 0 Å². The highest BCUT2D eigenvalue weighted by atomic mass is 127. The fourth-order valence-corrected chi connectivity index (χ4v) is 1.58. The first-order chi connectivity index (χ1) is 5.15. The van der Waals surface area contributed by atoms with Crippen LogP contribution in [-0.2, 0) is 7.80 Å². The van der Waals surface area contributed by atoms with Crippen LogP contribution in [0.25, 0.3) is 0 Å². The molecular formula is C6H12INO3. The van der Waals surface area contributed by atoms with Crippen LogP contribution in [0.3, 0.4) is 0 Å². The standard InChI is InChI=1S/C6H12INO3/c1-3-2-4(8)5(9)6(10-3)11-7/h3-6,9H,2,8H2,1H3/t3-,4+,5-,6+/m1/s1. The lowest BCUT2D eigenvalue weighted by molar-refractivity contribution is -0.188. The molecule has 0 aliphatic carbocycles. The Labute approximate surface area is 79.7 Å². The van der Waals surface area contributed by atoms with Gasteiger partial charge in [0.1, 0.15) is 29.1 Å². The van der Waals surface area contributed by atoms with Gasteiger partial charge in [-0.3, -0.25) is 3.07 Å². The lowest BCUT2D eigenvalue weighted by Crippen LogP contribution is -2.51. The first kappa shape index (κ1) is 9.66. The Morgan fingerprint density at radius 2 is 2.36 bits per heavy atom. The zero-order valence-corrected chi connectivity index (χ0v) is 8.39. The molecule has 1 aliphatic heterocycles. The lowest BCUT2D eigenvalue weighted by atomic mass is 10.0. The molecule has 1 fully saturated rings. The zero-order chi connectivity index (χ0) is 8.43. The average molecular weight is 273 g/mol. The van der Waals surface area contributed by atoms with Crippen LogP contribution in [0.2, 0.25) is 0 Å². The predicted molar refractivity (Wildman–Crippen MR) is 48.0 cm³/mol. The van der Waals surface area contributed by atoms with E-state index in [0.29, 0.717) is 6.42 Å². The highest BCUT2D eigenvalue weighted by molar-refractivity contribution is 14.1. The summed E-state index contributed by atoms with van der Waals surface area (Å²) in [5.41, 5.74) is 5.62. The number of rotatable bonds is 1. The minimum absolute atomic E-state index is 0.0631. The Hall–Kier alpha value is 0.570. The Morgan fingerprint density at radius 1 is 1.73 bits per heavy atom. The van der Waals surface area contributed by atoms with Crippen LogP contribution in [0.15, 0.2) is 0 Å². The van der Waals surface area contributed by atoms with Crippen molar-refractivity contribution in [1.82, 2.24) is 0 Å². The minimum atomic E-state index is -0.705. The highest BCUT2D eigenvalue weighted by Gasteiger charge is 2.34. The molecule has 0 bridgehead atoms. The average Bonchev–Trinajstić information content (AvgIpc) is 1.96. The summed E-state index contributed by atoms with van der Waals surface area (Å²) in [6, 6.07) is -0.237. The molecule has 0 aromatic rings. The van der Waals surface area contributed by atoms with E-state index in [1.165, 1.54) is 0 Å². The summed E-state index contributed by atoms with van der Waals surface area (Å²) in [5.74, 6) is 0. The van der Waals surface area contributed by atoms with Crippen molar-refractivity contribution in [2.45, 2.75) is 37.9 Å². The smallest absolute Gasteiger partial charge is 0.196 e. The molecule has 0 radical (unpaired) electrons. The molecule has 1 rings (SSSR count). The molecule has 4 atom stereocenters. The van der Waals surface area contributed by atoms with Gasteiger partial charge in [0.15, 0.2) is 6.29 Å². The number of aliphatic hydroxyl groups excluding tert-OH is 1. The monoisotopic (exact) mass is 273 g/mol. The maximum absolute atomic E-state index is 9.38. The summed E-state index contributed by atoms with van der Waals surface area (Å²) < 4.78 is 10.1. The largest absolute Gasteiger partial charge is 0.386 e. The van der Waals surface area contributed by atoms with Gasteiger partial charge in [0, 0.05) is 6.04 Å². The van der Waals surface area contributed by atoms with Gasteiger partial charge in [-0.05, 0) is 13.3 Å². The van der Waals surface area contributed by atoms with Crippen molar-refractivity contribution < 1.29 is 12.9 Å². The van der Waals surface area contributed by atoms with E-state index >= 15 is 0 Å². The highest BCUT2D eigenvalue weighted by Crippen LogP contribution is 2.20. The number of aliphatic hydroxyl groups is 1. The molecule has 66 valence electrons. The summed E-state index contributed by atoms with van der Waals surface area (Å²) in [4.78, 5) is 0. The lowest BCUT2D eigenvalue weighted by Gasteiger charge is -2.34. The molecule has 3 N–H and O–H groups in total. The van der Waals surface area contributed by atoms with E-state index in [1.807, 2.05) is 6.92 Å². The third-order valence-corrected chi connectivity index (χ3v) is 2.28. The van der Waals surface area contributed by atoms with E-state index in [0.717, 1.165) is 0 Å². The summed E-state index contributed by atoms with van der Waals surface area (Å²) in [6.45, 7) is 1.91. The Bertz CT molecular complexity index is 135. The third kappa shape index (κ3) is 2.25. The third-order valence-electron chi connectivity index (χ3n) is 1.78. The maximum atomic E-state index is 9.38. The van der Waals surface area contributed by atoms with E-state index in [-0.39, 0.29) is 12.1 Å². The molecule has 4 nitrogen and oxygen atoms in total. The topological polar surface area (TPSA) is 64.7 Å². The number of hydrogen-bond donors (Lipinski definition) is 2. The first-order valence-electron chi connectivity index (χ1n) is 3.51. The van der Waals surface area contributed by atoms with E-state index in [1.54, 1.807) is 23.0 Å². The van der Waals surface area contributed by atoms with Crippen molar-refractivity contribution in [2.75, 3.05) is 0 Å². The molecule has 1 heterocycles. The normalized spacial score (nSPS) is 45.8. The molecule has 0 amide bonds. The van der Waals surface area contributed by atoms with Crippen molar-refractivity contribution in [3.8, 4) is 0 Å². The van der Waals surface area contributed by atoms with E-state index in [2.05, 4.69) is 0 Å². The second-order valence-corrected chi connectivity index (χ2v) is 3.30. The van der Waals surface area contributed by atoms with Gasteiger partial charge < -0.3 is 15.6 Å². The zero-order valence-electron chi connectivity index (χ0n) is 6.24. The van der Waals surface area contributed by atoms with Crippen LogP contribution >= 0.6 is 23.0 Å². The van der Waals surface area contributed by atoms with Crippen molar-refractivity contribution in [1.29, 1.82) is 0 Å².